The number of hydrogen-bond acceptors (Lipinski definition) is 3. The highest BCUT2D eigenvalue weighted by Gasteiger charge is 2.34. The van der Waals surface area contributed by atoms with Gasteiger partial charge in [0.1, 0.15) is 6.04 Å². The van der Waals surface area contributed by atoms with E-state index in [-0.39, 0.29) is 0 Å². The van der Waals surface area contributed by atoms with E-state index in [2.05, 4.69) is 18.9 Å². The highest BCUT2D eigenvalue weighted by molar-refractivity contribution is 5.82. The Balaban J connectivity index is 1.89. The molecule has 0 saturated heterocycles. The van der Waals surface area contributed by atoms with Crippen LogP contribution in [0.1, 0.15) is 31.1 Å². The van der Waals surface area contributed by atoms with Crippen molar-refractivity contribution in [3.05, 3.63) is 47.8 Å². The molecule has 0 radical (unpaired) electrons. The van der Waals surface area contributed by atoms with E-state index in [0.29, 0.717) is 19.0 Å². The number of fused-ring (bicyclic) bond motifs is 1. The maximum Gasteiger partial charge on any atom is 0.326 e. The number of aromatic nitrogens is 2. The van der Waals surface area contributed by atoms with Crippen molar-refractivity contribution in [3.63, 3.8) is 0 Å². The van der Waals surface area contributed by atoms with Crippen LogP contribution in [0.3, 0.4) is 0 Å². The van der Waals surface area contributed by atoms with Crippen LogP contribution in [-0.4, -0.2) is 26.9 Å². The van der Waals surface area contributed by atoms with Crippen molar-refractivity contribution < 1.29 is 9.90 Å². The Morgan fingerprint density at radius 2 is 2.14 bits per heavy atom. The quantitative estimate of drug-likeness (QED) is 0.937. The second-order valence-corrected chi connectivity index (χ2v) is 5.70. The minimum Gasteiger partial charge on any atom is -0.480 e. The zero-order valence-electron chi connectivity index (χ0n) is 12.2. The molecule has 110 valence electrons. The average molecular weight is 285 g/mol. The first-order chi connectivity index (χ1) is 10.1. The summed E-state index contributed by atoms with van der Waals surface area (Å²) >= 11 is 0. The maximum absolute atomic E-state index is 11.5. The van der Waals surface area contributed by atoms with E-state index >= 15 is 0 Å². The number of carboxylic acid groups (broad SMARTS) is 1. The van der Waals surface area contributed by atoms with Gasteiger partial charge in [0.25, 0.3) is 0 Å². The van der Waals surface area contributed by atoms with Crippen molar-refractivity contribution >= 4 is 11.7 Å². The van der Waals surface area contributed by atoms with Gasteiger partial charge in [0.05, 0.1) is 12.2 Å². The summed E-state index contributed by atoms with van der Waals surface area (Å²) in [6.45, 7) is 4.66. The topological polar surface area (TPSA) is 58.4 Å². The number of carbonyl (C=O) groups is 1. The van der Waals surface area contributed by atoms with E-state index < -0.39 is 12.0 Å². The lowest BCUT2D eigenvalue weighted by molar-refractivity contribution is -0.138. The van der Waals surface area contributed by atoms with Crippen LogP contribution in [0.2, 0.25) is 0 Å². The molecule has 0 amide bonds. The predicted molar refractivity (Wildman–Crippen MR) is 80.4 cm³/mol. The molecule has 0 bridgehead atoms. The lowest BCUT2D eigenvalue weighted by Crippen LogP contribution is -2.38. The molecule has 0 fully saturated rings. The molecular formula is C16H19N3O2. The molecule has 1 unspecified atom stereocenters. The van der Waals surface area contributed by atoms with Crippen molar-refractivity contribution in [1.82, 2.24) is 9.78 Å². The molecule has 0 saturated carbocycles. The van der Waals surface area contributed by atoms with Crippen molar-refractivity contribution in [2.75, 3.05) is 4.90 Å². The van der Waals surface area contributed by atoms with Gasteiger partial charge in [-0.25, -0.2) is 4.79 Å². The molecule has 1 atom stereocenters. The Bertz CT molecular complexity index is 663. The summed E-state index contributed by atoms with van der Waals surface area (Å²) in [4.78, 5) is 13.5. The molecule has 1 aromatic heterocycles. The third-order valence-corrected chi connectivity index (χ3v) is 3.90. The van der Waals surface area contributed by atoms with Gasteiger partial charge in [0.2, 0.25) is 0 Å². The largest absolute Gasteiger partial charge is 0.480 e. The first-order valence-electron chi connectivity index (χ1n) is 7.17. The van der Waals surface area contributed by atoms with Gasteiger partial charge in [-0.1, -0.05) is 18.2 Å². The van der Waals surface area contributed by atoms with Crippen LogP contribution in [0, 0.1) is 0 Å². The first-order valence-corrected chi connectivity index (χ1v) is 7.17. The summed E-state index contributed by atoms with van der Waals surface area (Å²) in [6.07, 6.45) is 2.49. The minimum absolute atomic E-state index is 0.305. The van der Waals surface area contributed by atoms with Gasteiger partial charge in [-0.2, -0.15) is 5.10 Å². The Kier molecular flexibility index (Phi) is 3.41. The number of hydrogen-bond donors (Lipinski definition) is 1. The van der Waals surface area contributed by atoms with Crippen molar-refractivity contribution in [2.45, 2.75) is 38.9 Å². The number of nitrogens with zero attached hydrogens (tertiary/aromatic N) is 3. The summed E-state index contributed by atoms with van der Waals surface area (Å²) in [5.41, 5.74) is 2.99. The van der Waals surface area contributed by atoms with Gasteiger partial charge in [-0.15, -0.1) is 0 Å². The molecule has 1 N–H and O–H groups in total. The summed E-state index contributed by atoms with van der Waals surface area (Å²) < 4.78 is 1.90. The van der Waals surface area contributed by atoms with Gasteiger partial charge >= 0.3 is 5.97 Å². The molecule has 3 rings (SSSR count). The molecule has 2 heterocycles. The van der Waals surface area contributed by atoms with Gasteiger partial charge in [-0.05, 0) is 31.5 Å². The Morgan fingerprint density at radius 3 is 2.81 bits per heavy atom. The van der Waals surface area contributed by atoms with Crippen LogP contribution in [-0.2, 0) is 17.8 Å². The van der Waals surface area contributed by atoms with Crippen molar-refractivity contribution in [2.24, 2.45) is 0 Å². The first kappa shape index (κ1) is 13.7. The lowest BCUT2D eigenvalue weighted by atomic mass is 10.1. The highest BCUT2D eigenvalue weighted by atomic mass is 16.4. The van der Waals surface area contributed by atoms with E-state index in [4.69, 9.17) is 0 Å². The van der Waals surface area contributed by atoms with Gasteiger partial charge in [-0.3, -0.25) is 4.68 Å². The van der Waals surface area contributed by atoms with Crippen LogP contribution in [0.15, 0.2) is 36.5 Å². The van der Waals surface area contributed by atoms with E-state index in [0.717, 1.165) is 16.9 Å². The van der Waals surface area contributed by atoms with E-state index in [1.165, 1.54) is 0 Å². The maximum atomic E-state index is 11.5. The van der Waals surface area contributed by atoms with Crippen LogP contribution < -0.4 is 4.90 Å². The third kappa shape index (κ3) is 2.51. The van der Waals surface area contributed by atoms with Crippen molar-refractivity contribution in [3.8, 4) is 0 Å². The summed E-state index contributed by atoms with van der Waals surface area (Å²) in [7, 11) is 0. The summed E-state index contributed by atoms with van der Waals surface area (Å²) in [6, 6.07) is 9.64. The molecule has 5 heteroatoms. The Labute approximate surface area is 123 Å². The number of benzene rings is 1. The zero-order valence-corrected chi connectivity index (χ0v) is 12.2. The highest BCUT2D eigenvalue weighted by Crippen LogP contribution is 2.33. The fraction of sp³-hybridized carbons (Fsp3) is 0.375. The lowest BCUT2D eigenvalue weighted by Gasteiger charge is -2.23. The minimum atomic E-state index is -0.783. The molecule has 1 aromatic carbocycles. The Morgan fingerprint density at radius 1 is 1.38 bits per heavy atom. The monoisotopic (exact) mass is 285 g/mol. The fourth-order valence-corrected chi connectivity index (χ4v) is 2.79. The summed E-state index contributed by atoms with van der Waals surface area (Å²) in [5.74, 6) is -0.783. The number of rotatable bonds is 4. The van der Waals surface area contributed by atoms with Gasteiger partial charge in [0.15, 0.2) is 0 Å². The average Bonchev–Trinajstić information content (AvgIpc) is 3.05. The molecule has 1 aliphatic rings. The molecule has 0 spiro atoms. The van der Waals surface area contributed by atoms with Crippen LogP contribution in [0.25, 0.3) is 0 Å². The Hall–Kier alpha value is -2.30. The molecule has 0 aliphatic carbocycles. The standard InChI is InChI=1S/C16H19N3O2/c1-11(2)19-8-7-13(17-19)10-18-14-6-4-3-5-12(14)9-15(18)16(20)21/h3-8,11,15H,9-10H2,1-2H3,(H,20,21). The molecule has 21 heavy (non-hydrogen) atoms. The smallest absolute Gasteiger partial charge is 0.326 e. The fourth-order valence-electron chi connectivity index (χ4n) is 2.79. The SMILES string of the molecule is CC(C)n1ccc(CN2c3ccccc3CC2C(=O)O)n1. The van der Waals surface area contributed by atoms with Gasteiger partial charge < -0.3 is 10.0 Å². The number of carboxylic acids is 1. The van der Waals surface area contributed by atoms with Crippen LogP contribution >= 0.6 is 0 Å². The third-order valence-electron chi connectivity index (χ3n) is 3.90. The second kappa shape index (κ2) is 5.24. The van der Waals surface area contributed by atoms with E-state index in [1.807, 2.05) is 46.1 Å². The number of aliphatic carboxylic acids is 1. The molecule has 2 aromatic rings. The normalized spacial score (nSPS) is 17.3. The molecule has 5 nitrogen and oxygen atoms in total. The molecular weight excluding hydrogens is 266 g/mol. The van der Waals surface area contributed by atoms with Crippen LogP contribution in [0.5, 0.6) is 0 Å². The van der Waals surface area contributed by atoms with Gasteiger partial charge in [0, 0.05) is 24.3 Å². The number of para-hydroxylation sites is 1. The molecule has 1 aliphatic heterocycles. The van der Waals surface area contributed by atoms with E-state index in [1.54, 1.807) is 0 Å². The van der Waals surface area contributed by atoms with Crippen LogP contribution in [0.4, 0.5) is 5.69 Å². The second-order valence-electron chi connectivity index (χ2n) is 5.70. The predicted octanol–water partition coefficient (Wildman–Crippen LogP) is 2.48. The van der Waals surface area contributed by atoms with Crippen molar-refractivity contribution in [1.29, 1.82) is 0 Å². The number of anilines is 1. The summed E-state index contributed by atoms with van der Waals surface area (Å²) in [5, 5.41) is 14.0. The van der Waals surface area contributed by atoms with E-state index in [9.17, 15) is 9.90 Å². The zero-order chi connectivity index (χ0) is 15.0.